The van der Waals surface area contributed by atoms with Gasteiger partial charge in [-0.25, -0.2) is 0 Å². The fraction of sp³-hybridized carbons (Fsp3) is 0.167. The lowest BCUT2D eigenvalue weighted by Gasteiger charge is -2.21. The maximum Gasteiger partial charge on any atom is 0.233 e. The Morgan fingerprint density at radius 3 is 2.95 bits per heavy atom. The lowest BCUT2D eigenvalue weighted by atomic mass is 10.1. The molecule has 0 fully saturated rings. The van der Waals surface area contributed by atoms with Crippen LogP contribution in [0.3, 0.4) is 0 Å². The number of aromatic nitrogens is 1. The molecule has 1 aliphatic rings. The minimum absolute atomic E-state index is 0.0202. The molecule has 1 aromatic carbocycles. The molecular weight excluding hydrogens is 274 g/mol. The van der Waals surface area contributed by atoms with Crippen molar-refractivity contribution in [1.29, 1.82) is 0 Å². The highest BCUT2D eigenvalue weighted by molar-refractivity contribution is 6.17. The van der Waals surface area contributed by atoms with Gasteiger partial charge in [0, 0.05) is 24.5 Å². The Labute approximate surface area is 129 Å². The van der Waals surface area contributed by atoms with Crippen LogP contribution in [0.4, 0.5) is 11.4 Å². The van der Waals surface area contributed by atoms with E-state index in [1.807, 2.05) is 37.3 Å². The van der Waals surface area contributed by atoms with Crippen LogP contribution in [0, 0.1) is 6.92 Å². The zero-order valence-electron chi connectivity index (χ0n) is 12.5. The first kappa shape index (κ1) is 14.2. The van der Waals surface area contributed by atoms with Crippen molar-refractivity contribution in [3.05, 3.63) is 66.5 Å². The van der Waals surface area contributed by atoms with Crippen molar-refractivity contribution in [2.45, 2.75) is 13.3 Å². The summed E-state index contributed by atoms with van der Waals surface area (Å²) in [6.07, 6.45) is 5.44. The van der Waals surface area contributed by atoms with E-state index in [0.717, 1.165) is 28.2 Å². The maximum atomic E-state index is 12.6. The predicted molar refractivity (Wildman–Crippen MR) is 88.8 cm³/mol. The van der Waals surface area contributed by atoms with Gasteiger partial charge in [-0.05, 0) is 30.7 Å². The maximum absolute atomic E-state index is 12.6. The van der Waals surface area contributed by atoms with E-state index in [1.165, 1.54) is 0 Å². The molecule has 0 bridgehead atoms. The highest BCUT2D eigenvalue weighted by atomic mass is 16.2. The van der Waals surface area contributed by atoms with Crippen molar-refractivity contribution in [2.75, 3.05) is 11.4 Å². The minimum Gasteiger partial charge on any atom is -0.306 e. The van der Waals surface area contributed by atoms with E-state index >= 15 is 0 Å². The van der Waals surface area contributed by atoms with E-state index in [9.17, 15) is 4.79 Å². The van der Waals surface area contributed by atoms with Gasteiger partial charge in [0.1, 0.15) is 0 Å². The van der Waals surface area contributed by atoms with E-state index in [4.69, 9.17) is 4.99 Å². The number of carbonyl (C=O) groups is 1. The van der Waals surface area contributed by atoms with E-state index in [2.05, 4.69) is 11.6 Å². The van der Waals surface area contributed by atoms with Gasteiger partial charge in [-0.15, -0.1) is 6.58 Å². The standard InChI is InChI=1S/C18H17N3O/c1-3-9-21-17-10-13(2)6-7-15(17)20-16(11-18(21)22)14-5-4-8-19-12-14/h3-8,10,12H,1,9,11H2,2H3. The van der Waals surface area contributed by atoms with Gasteiger partial charge >= 0.3 is 0 Å². The third kappa shape index (κ3) is 2.68. The molecule has 0 saturated heterocycles. The number of pyridine rings is 1. The molecule has 0 radical (unpaired) electrons. The fourth-order valence-corrected chi connectivity index (χ4v) is 2.53. The Bertz CT molecular complexity index is 750. The van der Waals surface area contributed by atoms with Crippen LogP contribution in [0.1, 0.15) is 17.5 Å². The molecule has 0 spiro atoms. The highest BCUT2D eigenvalue weighted by Gasteiger charge is 2.24. The lowest BCUT2D eigenvalue weighted by Crippen LogP contribution is -2.31. The van der Waals surface area contributed by atoms with Crippen LogP contribution < -0.4 is 4.90 Å². The third-order valence-corrected chi connectivity index (χ3v) is 3.60. The number of benzene rings is 1. The molecule has 110 valence electrons. The molecule has 4 heteroatoms. The van der Waals surface area contributed by atoms with Crippen molar-refractivity contribution in [3.63, 3.8) is 0 Å². The number of hydrogen-bond donors (Lipinski definition) is 0. The highest BCUT2D eigenvalue weighted by Crippen LogP contribution is 2.33. The molecule has 0 aliphatic carbocycles. The second kappa shape index (κ2) is 5.93. The Hall–Kier alpha value is -2.75. The molecule has 0 unspecified atom stereocenters. The van der Waals surface area contributed by atoms with Crippen LogP contribution in [0.25, 0.3) is 0 Å². The summed E-state index contributed by atoms with van der Waals surface area (Å²) in [7, 11) is 0. The predicted octanol–water partition coefficient (Wildman–Crippen LogP) is 3.43. The van der Waals surface area contributed by atoms with E-state index < -0.39 is 0 Å². The van der Waals surface area contributed by atoms with Gasteiger partial charge in [-0.1, -0.05) is 18.2 Å². The van der Waals surface area contributed by atoms with Gasteiger partial charge in [0.2, 0.25) is 5.91 Å². The number of hydrogen-bond acceptors (Lipinski definition) is 3. The van der Waals surface area contributed by atoms with Gasteiger partial charge < -0.3 is 4.90 Å². The van der Waals surface area contributed by atoms with Crippen LogP contribution in [0.2, 0.25) is 0 Å². The van der Waals surface area contributed by atoms with E-state index in [1.54, 1.807) is 23.4 Å². The second-order valence-electron chi connectivity index (χ2n) is 5.26. The first-order valence-corrected chi connectivity index (χ1v) is 7.19. The molecule has 4 nitrogen and oxygen atoms in total. The fourth-order valence-electron chi connectivity index (χ4n) is 2.53. The molecule has 1 aliphatic heterocycles. The van der Waals surface area contributed by atoms with Gasteiger partial charge in [0.05, 0.1) is 23.5 Å². The molecule has 0 saturated carbocycles. The molecule has 0 N–H and O–H groups in total. The summed E-state index contributed by atoms with van der Waals surface area (Å²) in [6.45, 7) is 6.24. The van der Waals surface area contributed by atoms with E-state index in [0.29, 0.717) is 6.54 Å². The van der Waals surface area contributed by atoms with Gasteiger partial charge in [0.25, 0.3) is 0 Å². The molecule has 22 heavy (non-hydrogen) atoms. The second-order valence-corrected chi connectivity index (χ2v) is 5.26. The topological polar surface area (TPSA) is 45.6 Å². The summed E-state index contributed by atoms with van der Waals surface area (Å²) in [5.74, 6) is 0.0202. The number of amides is 1. The van der Waals surface area contributed by atoms with Crippen molar-refractivity contribution < 1.29 is 4.79 Å². The van der Waals surface area contributed by atoms with Crippen LogP contribution in [0.5, 0.6) is 0 Å². The van der Waals surface area contributed by atoms with Gasteiger partial charge in [-0.3, -0.25) is 14.8 Å². The summed E-state index contributed by atoms with van der Waals surface area (Å²) >= 11 is 0. The summed E-state index contributed by atoms with van der Waals surface area (Å²) in [5.41, 5.74) is 4.36. The molecule has 0 atom stereocenters. The average molecular weight is 291 g/mol. The zero-order chi connectivity index (χ0) is 15.5. The van der Waals surface area contributed by atoms with Crippen molar-refractivity contribution in [2.24, 2.45) is 4.99 Å². The molecule has 1 amide bonds. The summed E-state index contributed by atoms with van der Waals surface area (Å²) < 4.78 is 0. The quantitative estimate of drug-likeness (QED) is 0.813. The SMILES string of the molecule is C=CCN1C(=O)CC(c2cccnc2)=Nc2ccc(C)cc21. The monoisotopic (exact) mass is 291 g/mol. The van der Waals surface area contributed by atoms with E-state index in [-0.39, 0.29) is 12.3 Å². The number of carbonyl (C=O) groups excluding carboxylic acids is 1. The number of fused-ring (bicyclic) bond motifs is 1. The molecule has 3 rings (SSSR count). The van der Waals surface area contributed by atoms with Crippen molar-refractivity contribution in [1.82, 2.24) is 4.98 Å². The van der Waals surface area contributed by atoms with Crippen molar-refractivity contribution in [3.8, 4) is 0 Å². The van der Waals surface area contributed by atoms with Crippen LogP contribution in [0.15, 0.2) is 60.4 Å². The van der Waals surface area contributed by atoms with Gasteiger partial charge in [0.15, 0.2) is 0 Å². The normalized spacial score (nSPS) is 14.1. The largest absolute Gasteiger partial charge is 0.306 e. The lowest BCUT2D eigenvalue weighted by molar-refractivity contribution is -0.117. The molecule has 2 aromatic rings. The summed E-state index contributed by atoms with van der Waals surface area (Å²) in [5, 5.41) is 0. The zero-order valence-corrected chi connectivity index (χ0v) is 12.5. The van der Waals surface area contributed by atoms with Crippen molar-refractivity contribution >= 4 is 23.0 Å². The van der Waals surface area contributed by atoms with Gasteiger partial charge in [-0.2, -0.15) is 0 Å². The summed E-state index contributed by atoms with van der Waals surface area (Å²) in [6, 6.07) is 9.73. The van der Waals surface area contributed by atoms with Crippen LogP contribution in [-0.4, -0.2) is 23.1 Å². The minimum atomic E-state index is 0.0202. The average Bonchev–Trinajstić information content (AvgIpc) is 2.66. The Morgan fingerprint density at radius 1 is 1.36 bits per heavy atom. The molecular formula is C18H17N3O. The number of aryl methyl sites for hydroxylation is 1. The Balaban J connectivity index is 2.13. The number of aliphatic imine (C=N–C) groups is 1. The number of anilines is 1. The Morgan fingerprint density at radius 2 is 2.23 bits per heavy atom. The smallest absolute Gasteiger partial charge is 0.233 e. The van der Waals surface area contributed by atoms with Crippen LogP contribution >= 0.6 is 0 Å². The molecule has 1 aromatic heterocycles. The number of rotatable bonds is 3. The molecule has 2 heterocycles. The number of nitrogens with zero attached hydrogens (tertiary/aromatic N) is 3. The first-order chi connectivity index (χ1) is 10.7. The third-order valence-electron chi connectivity index (χ3n) is 3.60. The Kier molecular flexibility index (Phi) is 3.83. The summed E-state index contributed by atoms with van der Waals surface area (Å²) in [4.78, 5) is 23.2. The van der Waals surface area contributed by atoms with Crippen LogP contribution in [-0.2, 0) is 4.79 Å². The first-order valence-electron chi connectivity index (χ1n) is 7.19.